The minimum atomic E-state index is -0.0696. The maximum atomic E-state index is 12.6. The fourth-order valence-corrected chi connectivity index (χ4v) is 2.26. The van der Waals surface area contributed by atoms with Gasteiger partial charge in [-0.15, -0.1) is 5.11 Å². The molecule has 0 saturated heterocycles. The number of hydrogen-bond donors (Lipinski definition) is 0. The Morgan fingerprint density at radius 1 is 0.792 bits per heavy atom. The summed E-state index contributed by atoms with van der Waals surface area (Å²) in [5.41, 5.74) is 2.39. The van der Waals surface area contributed by atoms with Crippen LogP contribution in [0.3, 0.4) is 0 Å². The molecule has 0 amide bonds. The SMILES string of the molecule is COc1ccc(N=Nc2ccccc2C(=O)c2ccccc2)cc1. The molecule has 0 saturated carbocycles. The van der Waals surface area contributed by atoms with Crippen LogP contribution in [0.5, 0.6) is 5.75 Å². The summed E-state index contributed by atoms with van der Waals surface area (Å²) in [6.45, 7) is 0. The van der Waals surface area contributed by atoms with Crippen LogP contribution in [-0.4, -0.2) is 12.9 Å². The number of rotatable bonds is 5. The van der Waals surface area contributed by atoms with E-state index in [2.05, 4.69) is 10.2 Å². The second-order valence-electron chi connectivity index (χ2n) is 5.11. The van der Waals surface area contributed by atoms with Crippen molar-refractivity contribution in [1.82, 2.24) is 0 Å². The van der Waals surface area contributed by atoms with Crippen LogP contribution in [0, 0.1) is 0 Å². The topological polar surface area (TPSA) is 51.0 Å². The quantitative estimate of drug-likeness (QED) is 0.471. The molecule has 0 N–H and O–H groups in total. The molecular weight excluding hydrogens is 300 g/mol. The van der Waals surface area contributed by atoms with E-state index in [1.54, 1.807) is 31.4 Å². The average molecular weight is 316 g/mol. The van der Waals surface area contributed by atoms with Crippen LogP contribution in [0.1, 0.15) is 15.9 Å². The van der Waals surface area contributed by atoms with Crippen LogP contribution >= 0.6 is 0 Å². The highest BCUT2D eigenvalue weighted by molar-refractivity contribution is 6.11. The molecule has 0 fully saturated rings. The number of ketones is 1. The van der Waals surface area contributed by atoms with Crippen molar-refractivity contribution in [2.45, 2.75) is 0 Å². The van der Waals surface area contributed by atoms with Crippen molar-refractivity contribution in [2.75, 3.05) is 7.11 Å². The van der Waals surface area contributed by atoms with Gasteiger partial charge in [-0.1, -0.05) is 42.5 Å². The molecule has 0 aliphatic heterocycles. The summed E-state index contributed by atoms with van der Waals surface area (Å²) in [7, 11) is 1.61. The minimum absolute atomic E-state index is 0.0696. The van der Waals surface area contributed by atoms with Gasteiger partial charge in [-0.3, -0.25) is 4.79 Å². The third kappa shape index (κ3) is 3.55. The highest BCUT2D eigenvalue weighted by atomic mass is 16.5. The molecule has 4 nitrogen and oxygen atoms in total. The van der Waals surface area contributed by atoms with Crippen molar-refractivity contribution in [2.24, 2.45) is 10.2 Å². The minimum Gasteiger partial charge on any atom is -0.497 e. The van der Waals surface area contributed by atoms with Crippen molar-refractivity contribution in [1.29, 1.82) is 0 Å². The van der Waals surface area contributed by atoms with Crippen LogP contribution in [0.4, 0.5) is 11.4 Å². The van der Waals surface area contributed by atoms with E-state index < -0.39 is 0 Å². The van der Waals surface area contributed by atoms with Gasteiger partial charge in [-0.25, -0.2) is 0 Å². The Kier molecular flexibility index (Phi) is 4.77. The van der Waals surface area contributed by atoms with Gasteiger partial charge in [0.05, 0.1) is 24.0 Å². The number of carbonyl (C=O) groups is 1. The Labute approximate surface area is 140 Å². The molecule has 0 aromatic heterocycles. The van der Waals surface area contributed by atoms with Crippen molar-refractivity contribution < 1.29 is 9.53 Å². The van der Waals surface area contributed by atoms with Gasteiger partial charge < -0.3 is 4.74 Å². The summed E-state index contributed by atoms with van der Waals surface area (Å²) in [5, 5.41) is 8.45. The van der Waals surface area contributed by atoms with E-state index in [9.17, 15) is 4.79 Å². The summed E-state index contributed by atoms with van der Waals surface area (Å²) < 4.78 is 5.11. The predicted octanol–water partition coefficient (Wildman–Crippen LogP) is 5.34. The van der Waals surface area contributed by atoms with Crippen molar-refractivity contribution in [3.63, 3.8) is 0 Å². The summed E-state index contributed by atoms with van der Waals surface area (Å²) in [5.74, 6) is 0.688. The van der Waals surface area contributed by atoms with Crippen LogP contribution in [0.2, 0.25) is 0 Å². The van der Waals surface area contributed by atoms with Gasteiger partial charge in [0, 0.05) is 5.56 Å². The summed E-state index contributed by atoms with van der Waals surface area (Å²) in [6.07, 6.45) is 0. The lowest BCUT2D eigenvalue weighted by Gasteiger charge is -2.04. The van der Waals surface area contributed by atoms with Gasteiger partial charge in [0.15, 0.2) is 5.78 Å². The highest BCUT2D eigenvalue weighted by Gasteiger charge is 2.12. The lowest BCUT2D eigenvalue weighted by molar-refractivity contribution is 0.103. The predicted molar refractivity (Wildman–Crippen MR) is 93.5 cm³/mol. The van der Waals surface area contributed by atoms with Gasteiger partial charge in [-0.2, -0.15) is 5.11 Å². The zero-order valence-electron chi connectivity index (χ0n) is 13.2. The Morgan fingerprint density at radius 2 is 1.46 bits per heavy atom. The maximum Gasteiger partial charge on any atom is 0.195 e. The fourth-order valence-electron chi connectivity index (χ4n) is 2.26. The zero-order valence-corrected chi connectivity index (χ0v) is 13.2. The first kappa shape index (κ1) is 15.6. The van der Waals surface area contributed by atoms with Crippen LogP contribution in [-0.2, 0) is 0 Å². The van der Waals surface area contributed by atoms with Gasteiger partial charge in [0.2, 0.25) is 0 Å². The normalized spacial score (nSPS) is 10.7. The molecule has 3 rings (SSSR count). The molecule has 3 aromatic rings. The van der Waals surface area contributed by atoms with Gasteiger partial charge in [0.25, 0.3) is 0 Å². The van der Waals surface area contributed by atoms with Gasteiger partial charge in [0.1, 0.15) is 5.75 Å². The molecule has 4 heteroatoms. The molecular formula is C20H16N2O2. The van der Waals surface area contributed by atoms with Crippen LogP contribution in [0.25, 0.3) is 0 Å². The Bertz CT molecular complexity index is 856. The number of carbonyl (C=O) groups excluding carboxylic acids is 1. The molecule has 0 radical (unpaired) electrons. The first-order valence-electron chi connectivity index (χ1n) is 7.52. The molecule has 0 bridgehead atoms. The summed E-state index contributed by atoms with van der Waals surface area (Å²) in [4.78, 5) is 12.6. The molecule has 24 heavy (non-hydrogen) atoms. The molecule has 118 valence electrons. The molecule has 0 spiro atoms. The second-order valence-corrected chi connectivity index (χ2v) is 5.11. The number of azo groups is 1. The maximum absolute atomic E-state index is 12.6. The lowest BCUT2D eigenvalue weighted by atomic mass is 10.0. The third-order valence-corrected chi connectivity index (χ3v) is 3.53. The number of methoxy groups -OCH3 is 1. The smallest absolute Gasteiger partial charge is 0.195 e. The van der Waals surface area contributed by atoms with E-state index in [1.165, 1.54) is 0 Å². The molecule has 0 unspecified atom stereocenters. The second kappa shape index (κ2) is 7.33. The van der Waals surface area contributed by atoms with E-state index >= 15 is 0 Å². The summed E-state index contributed by atoms with van der Waals surface area (Å²) in [6, 6.07) is 23.6. The van der Waals surface area contributed by atoms with Crippen LogP contribution in [0.15, 0.2) is 89.1 Å². The van der Waals surface area contributed by atoms with Gasteiger partial charge >= 0.3 is 0 Å². The zero-order chi connectivity index (χ0) is 16.8. The largest absolute Gasteiger partial charge is 0.497 e. The average Bonchev–Trinajstić information content (AvgIpc) is 2.67. The van der Waals surface area contributed by atoms with Crippen molar-refractivity contribution in [3.05, 3.63) is 90.0 Å². The van der Waals surface area contributed by atoms with E-state index in [-0.39, 0.29) is 5.78 Å². The first-order chi connectivity index (χ1) is 11.8. The van der Waals surface area contributed by atoms with E-state index in [4.69, 9.17) is 4.74 Å². The number of nitrogens with zero attached hydrogens (tertiary/aromatic N) is 2. The lowest BCUT2D eigenvalue weighted by Crippen LogP contribution is -2.00. The summed E-state index contributed by atoms with van der Waals surface area (Å²) >= 11 is 0. The highest BCUT2D eigenvalue weighted by Crippen LogP contribution is 2.25. The van der Waals surface area contributed by atoms with E-state index in [0.29, 0.717) is 22.5 Å². The molecule has 0 heterocycles. The number of benzene rings is 3. The third-order valence-electron chi connectivity index (χ3n) is 3.53. The fraction of sp³-hybridized carbons (Fsp3) is 0.0500. The van der Waals surface area contributed by atoms with E-state index in [0.717, 1.165) is 5.75 Å². The van der Waals surface area contributed by atoms with E-state index in [1.807, 2.05) is 54.6 Å². The van der Waals surface area contributed by atoms with Crippen molar-refractivity contribution in [3.8, 4) is 5.75 Å². The number of ether oxygens (including phenoxy) is 1. The van der Waals surface area contributed by atoms with Gasteiger partial charge in [-0.05, 0) is 36.4 Å². The Balaban J connectivity index is 1.89. The standard InChI is InChI=1S/C20H16N2O2/c1-24-17-13-11-16(12-14-17)21-22-19-10-6-5-9-18(19)20(23)15-7-3-2-4-8-15/h2-14H,1H3. The monoisotopic (exact) mass is 316 g/mol. The first-order valence-corrected chi connectivity index (χ1v) is 7.52. The molecule has 0 aliphatic rings. The Hall–Kier alpha value is -3.27. The molecule has 3 aromatic carbocycles. The molecule has 0 aliphatic carbocycles. The van der Waals surface area contributed by atoms with Crippen molar-refractivity contribution >= 4 is 17.2 Å². The molecule has 0 atom stereocenters. The Morgan fingerprint density at radius 3 is 2.17 bits per heavy atom. The van der Waals surface area contributed by atoms with Crippen LogP contribution < -0.4 is 4.74 Å². The number of hydrogen-bond acceptors (Lipinski definition) is 4.